The van der Waals surface area contributed by atoms with Crippen LogP contribution in [0.5, 0.6) is 5.75 Å². The summed E-state index contributed by atoms with van der Waals surface area (Å²) in [7, 11) is 1.57. The molecule has 0 bridgehead atoms. The largest absolute Gasteiger partial charge is 0.497 e. The topological polar surface area (TPSA) is 79.4 Å². The number of nitrogens with zero attached hydrogens (tertiary/aromatic N) is 3. The van der Waals surface area contributed by atoms with Gasteiger partial charge in [-0.15, -0.1) is 0 Å². The molecule has 174 valence electrons. The molecule has 0 N–H and O–H groups in total. The Morgan fingerprint density at radius 1 is 1.09 bits per heavy atom. The van der Waals surface area contributed by atoms with Crippen molar-refractivity contribution in [2.45, 2.75) is 44.6 Å². The first kappa shape index (κ1) is 22.7. The number of rotatable bonds is 7. The number of amides is 3. The predicted molar refractivity (Wildman–Crippen MR) is 119 cm³/mol. The fraction of sp³-hybridized carbons (Fsp3) is 0.625. The lowest BCUT2D eigenvalue weighted by Gasteiger charge is -2.35. The minimum atomic E-state index is -0.736. The summed E-state index contributed by atoms with van der Waals surface area (Å²) in [5.74, 6) is 0.0559. The van der Waals surface area contributed by atoms with E-state index >= 15 is 0 Å². The van der Waals surface area contributed by atoms with Crippen LogP contribution in [0.1, 0.15) is 38.5 Å². The summed E-state index contributed by atoms with van der Waals surface area (Å²) in [6, 6.07) is 6.13. The van der Waals surface area contributed by atoms with E-state index < -0.39 is 6.04 Å². The standard InChI is InChI=1S/C24H33N3O5/c1-31-20-9-7-19(8-10-20)27-22(28)17-21(24(27)30)26(12-11-25-13-15-32-16-14-25)23(29)18-5-3-2-4-6-18/h7-10,18,21H,2-6,11-17H2,1H3. The van der Waals surface area contributed by atoms with Crippen molar-refractivity contribution < 1.29 is 23.9 Å². The van der Waals surface area contributed by atoms with Crippen molar-refractivity contribution in [3.63, 3.8) is 0 Å². The van der Waals surface area contributed by atoms with Crippen LogP contribution in [-0.4, -0.2) is 80.1 Å². The molecular weight excluding hydrogens is 410 g/mol. The van der Waals surface area contributed by atoms with Crippen molar-refractivity contribution >= 4 is 23.4 Å². The number of hydrogen-bond acceptors (Lipinski definition) is 6. The molecular formula is C24H33N3O5. The molecule has 8 nitrogen and oxygen atoms in total. The van der Waals surface area contributed by atoms with Gasteiger partial charge in [0.05, 0.1) is 32.4 Å². The molecule has 1 aliphatic carbocycles. The summed E-state index contributed by atoms with van der Waals surface area (Å²) in [6.07, 6.45) is 5.01. The highest BCUT2D eigenvalue weighted by molar-refractivity contribution is 6.23. The molecule has 4 rings (SSSR count). The number of anilines is 1. The van der Waals surface area contributed by atoms with Crippen LogP contribution in [0, 0.1) is 5.92 Å². The molecule has 1 atom stereocenters. The molecule has 0 aromatic heterocycles. The Hall–Kier alpha value is -2.45. The second-order valence-electron chi connectivity index (χ2n) is 8.81. The third-order valence-electron chi connectivity index (χ3n) is 6.83. The lowest BCUT2D eigenvalue weighted by molar-refractivity contribution is -0.143. The normalized spacial score (nSPS) is 22.9. The average Bonchev–Trinajstić information content (AvgIpc) is 3.14. The van der Waals surface area contributed by atoms with E-state index in [1.54, 1.807) is 36.3 Å². The maximum Gasteiger partial charge on any atom is 0.257 e. The van der Waals surface area contributed by atoms with E-state index in [-0.39, 0.29) is 30.1 Å². The van der Waals surface area contributed by atoms with E-state index in [2.05, 4.69) is 4.90 Å². The van der Waals surface area contributed by atoms with Crippen molar-refractivity contribution in [2.75, 3.05) is 51.4 Å². The van der Waals surface area contributed by atoms with Crippen LogP contribution in [0.25, 0.3) is 0 Å². The zero-order chi connectivity index (χ0) is 22.5. The quantitative estimate of drug-likeness (QED) is 0.601. The van der Waals surface area contributed by atoms with Crippen molar-refractivity contribution in [2.24, 2.45) is 5.92 Å². The molecule has 0 radical (unpaired) electrons. The van der Waals surface area contributed by atoms with E-state index in [0.29, 0.717) is 37.7 Å². The zero-order valence-corrected chi connectivity index (χ0v) is 18.8. The van der Waals surface area contributed by atoms with E-state index in [9.17, 15) is 14.4 Å². The smallest absolute Gasteiger partial charge is 0.257 e. The Morgan fingerprint density at radius 2 is 1.78 bits per heavy atom. The van der Waals surface area contributed by atoms with Gasteiger partial charge in [-0.2, -0.15) is 0 Å². The zero-order valence-electron chi connectivity index (χ0n) is 18.8. The van der Waals surface area contributed by atoms with Crippen LogP contribution >= 0.6 is 0 Å². The number of morpholine rings is 1. The van der Waals surface area contributed by atoms with Gasteiger partial charge in [0.2, 0.25) is 11.8 Å². The van der Waals surface area contributed by atoms with Crippen LogP contribution in [0.3, 0.4) is 0 Å². The van der Waals surface area contributed by atoms with Crippen LogP contribution in [0.15, 0.2) is 24.3 Å². The van der Waals surface area contributed by atoms with Crippen molar-refractivity contribution in [1.82, 2.24) is 9.80 Å². The third kappa shape index (κ3) is 4.96. The Kier molecular flexibility index (Phi) is 7.42. The van der Waals surface area contributed by atoms with Crippen molar-refractivity contribution in [3.05, 3.63) is 24.3 Å². The van der Waals surface area contributed by atoms with Crippen LogP contribution in [-0.2, 0) is 19.1 Å². The minimum absolute atomic E-state index is 0.0284. The molecule has 1 saturated carbocycles. The molecule has 2 aliphatic heterocycles. The molecule has 3 fully saturated rings. The van der Waals surface area contributed by atoms with E-state index in [4.69, 9.17) is 9.47 Å². The first-order valence-corrected chi connectivity index (χ1v) is 11.7. The van der Waals surface area contributed by atoms with Gasteiger partial charge < -0.3 is 14.4 Å². The SMILES string of the molecule is COc1ccc(N2C(=O)CC(N(CCN3CCOCC3)C(=O)C3CCCCC3)C2=O)cc1. The summed E-state index contributed by atoms with van der Waals surface area (Å²) in [6.45, 7) is 4.14. The molecule has 2 saturated heterocycles. The van der Waals surface area contributed by atoms with Gasteiger partial charge in [0.15, 0.2) is 0 Å². The van der Waals surface area contributed by atoms with E-state index in [0.717, 1.165) is 45.2 Å². The van der Waals surface area contributed by atoms with E-state index in [1.807, 2.05) is 0 Å². The second-order valence-corrected chi connectivity index (χ2v) is 8.81. The third-order valence-corrected chi connectivity index (χ3v) is 6.83. The molecule has 1 aromatic rings. The number of carbonyl (C=O) groups is 3. The van der Waals surface area contributed by atoms with Crippen LogP contribution < -0.4 is 9.64 Å². The molecule has 0 spiro atoms. The maximum atomic E-state index is 13.5. The summed E-state index contributed by atoms with van der Waals surface area (Å²) >= 11 is 0. The average molecular weight is 444 g/mol. The Bertz CT molecular complexity index is 815. The Balaban J connectivity index is 1.52. The first-order valence-electron chi connectivity index (χ1n) is 11.7. The van der Waals surface area contributed by atoms with Gasteiger partial charge in [-0.25, -0.2) is 4.90 Å². The fourth-order valence-electron chi connectivity index (χ4n) is 4.94. The minimum Gasteiger partial charge on any atom is -0.497 e. The number of carbonyl (C=O) groups excluding carboxylic acids is 3. The second kappa shape index (κ2) is 10.4. The molecule has 2 heterocycles. The fourth-order valence-corrected chi connectivity index (χ4v) is 4.94. The molecule has 1 unspecified atom stereocenters. The number of methoxy groups -OCH3 is 1. The van der Waals surface area contributed by atoms with Gasteiger partial charge in [0, 0.05) is 32.1 Å². The highest BCUT2D eigenvalue weighted by Crippen LogP contribution is 2.31. The Morgan fingerprint density at radius 3 is 2.44 bits per heavy atom. The number of ether oxygens (including phenoxy) is 2. The maximum absolute atomic E-state index is 13.5. The lowest BCUT2D eigenvalue weighted by Crippen LogP contribution is -2.51. The van der Waals surface area contributed by atoms with Crippen LogP contribution in [0.2, 0.25) is 0 Å². The van der Waals surface area contributed by atoms with Crippen molar-refractivity contribution in [3.8, 4) is 5.75 Å². The molecule has 8 heteroatoms. The van der Waals surface area contributed by atoms with Gasteiger partial charge in [-0.05, 0) is 37.1 Å². The molecule has 32 heavy (non-hydrogen) atoms. The predicted octanol–water partition coefficient (Wildman–Crippen LogP) is 2.07. The highest BCUT2D eigenvalue weighted by Gasteiger charge is 2.45. The van der Waals surface area contributed by atoms with Gasteiger partial charge in [-0.3, -0.25) is 19.3 Å². The lowest BCUT2D eigenvalue weighted by atomic mass is 9.88. The highest BCUT2D eigenvalue weighted by atomic mass is 16.5. The molecule has 3 amide bonds. The van der Waals surface area contributed by atoms with Gasteiger partial charge in [0.1, 0.15) is 11.8 Å². The molecule has 3 aliphatic rings. The monoisotopic (exact) mass is 443 g/mol. The van der Waals surface area contributed by atoms with Crippen molar-refractivity contribution in [1.29, 1.82) is 0 Å². The Labute approximate surface area is 189 Å². The van der Waals surface area contributed by atoms with E-state index in [1.165, 1.54) is 4.90 Å². The van der Waals surface area contributed by atoms with Gasteiger partial charge >= 0.3 is 0 Å². The summed E-state index contributed by atoms with van der Waals surface area (Å²) in [5, 5.41) is 0. The van der Waals surface area contributed by atoms with Crippen LogP contribution in [0.4, 0.5) is 5.69 Å². The number of imide groups is 1. The summed E-state index contributed by atoms with van der Waals surface area (Å²) in [4.78, 5) is 45.0. The number of benzene rings is 1. The number of hydrogen-bond donors (Lipinski definition) is 0. The summed E-state index contributed by atoms with van der Waals surface area (Å²) < 4.78 is 10.6. The first-order chi connectivity index (χ1) is 15.6. The summed E-state index contributed by atoms with van der Waals surface area (Å²) in [5.41, 5.74) is 0.515. The van der Waals surface area contributed by atoms with Gasteiger partial charge in [0.25, 0.3) is 5.91 Å². The molecule has 1 aromatic carbocycles. The van der Waals surface area contributed by atoms with Gasteiger partial charge in [-0.1, -0.05) is 19.3 Å².